The van der Waals surface area contributed by atoms with Crippen LogP contribution in [0, 0.1) is 16.0 Å². The van der Waals surface area contributed by atoms with Gasteiger partial charge in [-0.05, 0) is 23.1 Å². The SMILES string of the molecule is CC(C)CNC(=O)[C@H](Cc1ccccc1)N(Cc1ccccc1)C(=O)CN(c1cccc([N+](=O)[O-])c1)S(C)(=O)=O. The molecule has 0 fully saturated rings. The molecular weight excluding hydrogens is 532 g/mol. The summed E-state index contributed by atoms with van der Waals surface area (Å²) in [6.07, 6.45) is 1.14. The molecule has 0 aliphatic rings. The topological polar surface area (TPSA) is 130 Å². The van der Waals surface area contributed by atoms with Crippen molar-refractivity contribution >= 4 is 33.2 Å². The van der Waals surface area contributed by atoms with Crippen molar-refractivity contribution < 1.29 is 22.9 Å². The molecule has 3 rings (SSSR count). The minimum absolute atomic E-state index is 0.0198. The van der Waals surface area contributed by atoms with E-state index in [9.17, 15) is 28.1 Å². The number of non-ortho nitro benzene ring substituents is 1. The van der Waals surface area contributed by atoms with E-state index in [1.807, 2.05) is 74.5 Å². The number of anilines is 1. The van der Waals surface area contributed by atoms with Crippen molar-refractivity contribution in [1.82, 2.24) is 10.2 Å². The molecule has 1 atom stereocenters. The number of nitrogens with zero attached hydrogens (tertiary/aromatic N) is 3. The number of nitrogens with one attached hydrogen (secondary N) is 1. The molecule has 0 aromatic heterocycles. The van der Waals surface area contributed by atoms with E-state index in [4.69, 9.17) is 0 Å². The molecule has 10 nitrogen and oxygen atoms in total. The molecule has 40 heavy (non-hydrogen) atoms. The number of sulfonamides is 1. The summed E-state index contributed by atoms with van der Waals surface area (Å²) in [5.41, 5.74) is 1.26. The van der Waals surface area contributed by atoms with Crippen molar-refractivity contribution in [3.63, 3.8) is 0 Å². The number of hydrogen-bond donors (Lipinski definition) is 1. The molecule has 0 unspecified atom stereocenters. The van der Waals surface area contributed by atoms with Gasteiger partial charge in [0, 0.05) is 31.6 Å². The lowest BCUT2D eigenvalue weighted by atomic mass is 10.0. The number of rotatable bonds is 13. The molecule has 0 saturated heterocycles. The summed E-state index contributed by atoms with van der Waals surface area (Å²) in [6.45, 7) is 3.74. The Morgan fingerprint density at radius 3 is 2.08 bits per heavy atom. The van der Waals surface area contributed by atoms with Crippen LogP contribution in [0.2, 0.25) is 0 Å². The van der Waals surface area contributed by atoms with Crippen molar-refractivity contribution in [3.05, 3.63) is 106 Å². The molecule has 11 heteroatoms. The first-order chi connectivity index (χ1) is 19.0. The van der Waals surface area contributed by atoms with Gasteiger partial charge in [0.25, 0.3) is 5.69 Å². The third kappa shape index (κ3) is 8.63. The third-order valence-electron chi connectivity index (χ3n) is 6.16. The molecule has 0 saturated carbocycles. The lowest BCUT2D eigenvalue weighted by molar-refractivity contribution is -0.384. The zero-order valence-corrected chi connectivity index (χ0v) is 23.6. The number of carbonyl (C=O) groups is 2. The molecule has 0 heterocycles. The number of hydrogen-bond acceptors (Lipinski definition) is 6. The highest BCUT2D eigenvalue weighted by Crippen LogP contribution is 2.24. The molecule has 0 spiro atoms. The maximum Gasteiger partial charge on any atom is 0.271 e. The van der Waals surface area contributed by atoms with Crippen molar-refractivity contribution in [2.75, 3.05) is 23.7 Å². The Labute approximate surface area is 234 Å². The largest absolute Gasteiger partial charge is 0.354 e. The Bertz CT molecular complexity index is 1410. The van der Waals surface area contributed by atoms with Crippen molar-refractivity contribution in [3.8, 4) is 0 Å². The van der Waals surface area contributed by atoms with Gasteiger partial charge in [-0.2, -0.15) is 0 Å². The second kappa shape index (κ2) is 13.7. The van der Waals surface area contributed by atoms with E-state index >= 15 is 0 Å². The summed E-state index contributed by atoms with van der Waals surface area (Å²) in [5.74, 6) is -0.807. The van der Waals surface area contributed by atoms with Gasteiger partial charge in [-0.25, -0.2) is 8.42 Å². The van der Waals surface area contributed by atoms with E-state index in [1.54, 1.807) is 0 Å². The lowest BCUT2D eigenvalue weighted by Crippen LogP contribution is -2.53. The smallest absolute Gasteiger partial charge is 0.271 e. The van der Waals surface area contributed by atoms with Gasteiger partial charge in [0.15, 0.2) is 0 Å². The fourth-order valence-corrected chi connectivity index (χ4v) is 4.97. The summed E-state index contributed by atoms with van der Waals surface area (Å²) >= 11 is 0. The Morgan fingerprint density at radius 1 is 0.925 bits per heavy atom. The Hall–Kier alpha value is -4.25. The zero-order valence-electron chi connectivity index (χ0n) is 22.8. The van der Waals surface area contributed by atoms with Gasteiger partial charge < -0.3 is 10.2 Å². The first-order valence-corrected chi connectivity index (χ1v) is 14.7. The highest BCUT2D eigenvalue weighted by Gasteiger charge is 2.33. The highest BCUT2D eigenvalue weighted by molar-refractivity contribution is 7.92. The van der Waals surface area contributed by atoms with Gasteiger partial charge >= 0.3 is 0 Å². The number of nitro benzene ring substituents is 1. The summed E-state index contributed by atoms with van der Waals surface area (Å²) in [6, 6.07) is 22.5. The predicted octanol–water partition coefficient (Wildman–Crippen LogP) is 3.77. The van der Waals surface area contributed by atoms with Crippen LogP contribution in [0.3, 0.4) is 0 Å². The van der Waals surface area contributed by atoms with Crippen LogP contribution < -0.4 is 9.62 Å². The van der Waals surface area contributed by atoms with Crippen LogP contribution in [-0.2, 0) is 32.6 Å². The van der Waals surface area contributed by atoms with Crippen LogP contribution in [0.5, 0.6) is 0 Å². The van der Waals surface area contributed by atoms with Gasteiger partial charge in [0.2, 0.25) is 21.8 Å². The number of benzene rings is 3. The summed E-state index contributed by atoms with van der Waals surface area (Å²) in [5, 5.41) is 14.2. The normalized spacial score (nSPS) is 12.0. The molecule has 0 radical (unpaired) electrons. The first kappa shape index (κ1) is 30.3. The van der Waals surface area contributed by atoms with Crippen molar-refractivity contribution in [1.29, 1.82) is 0 Å². The van der Waals surface area contributed by atoms with Crippen LogP contribution in [0.25, 0.3) is 0 Å². The zero-order chi connectivity index (χ0) is 29.3. The van der Waals surface area contributed by atoms with E-state index in [0.717, 1.165) is 27.8 Å². The molecule has 0 bridgehead atoms. The molecule has 3 aromatic rings. The van der Waals surface area contributed by atoms with Crippen LogP contribution in [0.15, 0.2) is 84.9 Å². The van der Waals surface area contributed by atoms with E-state index in [-0.39, 0.29) is 36.2 Å². The molecule has 0 aliphatic heterocycles. The van der Waals surface area contributed by atoms with Crippen LogP contribution in [0.4, 0.5) is 11.4 Å². The second-order valence-electron chi connectivity index (χ2n) is 9.90. The van der Waals surface area contributed by atoms with Gasteiger partial charge in [-0.15, -0.1) is 0 Å². The second-order valence-corrected chi connectivity index (χ2v) is 11.8. The van der Waals surface area contributed by atoms with Gasteiger partial charge in [0.05, 0.1) is 16.9 Å². The van der Waals surface area contributed by atoms with Crippen molar-refractivity contribution in [2.45, 2.75) is 32.9 Å². The molecule has 3 aromatic carbocycles. The predicted molar refractivity (Wildman–Crippen MR) is 154 cm³/mol. The number of carbonyl (C=O) groups excluding carboxylic acids is 2. The van der Waals surface area contributed by atoms with Gasteiger partial charge in [-0.3, -0.25) is 24.0 Å². The maximum absolute atomic E-state index is 14.0. The molecular formula is C29H34N4O6S. The van der Waals surface area contributed by atoms with Crippen LogP contribution in [0.1, 0.15) is 25.0 Å². The summed E-state index contributed by atoms with van der Waals surface area (Å²) < 4.78 is 26.4. The number of amides is 2. The standard InChI is InChI=1S/C29H34N4O6S/c1-22(2)19-30-29(35)27(17-23-11-6-4-7-12-23)31(20-24-13-8-5-9-14-24)28(34)21-32(40(3,38)39)25-15-10-16-26(18-25)33(36)37/h4-16,18,22,27H,17,19-21H2,1-3H3,(H,30,35)/t27-/m0/s1. The summed E-state index contributed by atoms with van der Waals surface area (Å²) in [7, 11) is -4.03. The van der Waals surface area contributed by atoms with E-state index in [1.165, 1.54) is 23.1 Å². The highest BCUT2D eigenvalue weighted by atomic mass is 32.2. The molecule has 0 aliphatic carbocycles. The Morgan fingerprint density at radius 2 is 1.52 bits per heavy atom. The Kier molecular flexibility index (Phi) is 10.4. The average molecular weight is 567 g/mol. The fourth-order valence-electron chi connectivity index (χ4n) is 4.13. The lowest BCUT2D eigenvalue weighted by Gasteiger charge is -2.33. The van der Waals surface area contributed by atoms with Crippen LogP contribution in [-0.4, -0.2) is 55.4 Å². The van der Waals surface area contributed by atoms with E-state index in [2.05, 4.69) is 5.32 Å². The Balaban J connectivity index is 2.04. The maximum atomic E-state index is 14.0. The van der Waals surface area contributed by atoms with Crippen molar-refractivity contribution in [2.24, 2.45) is 5.92 Å². The molecule has 2 amide bonds. The average Bonchev–Trinajstić information content (AvgIpc) is 2.92. The first-order valence-electron chi connectivity index (χ1n) is 12.8. The van der Waals surface area contributed by atoms with E-state index < -0.39 is 33.4 Å². The molecule has 212 valence electrons. The van der Waals surface area contributed by atoms with E-state index in [0.29, 0.717) is 6.54 Å². The number of nitro groups is 1. The van der Waals surface area contributed by atoms with Gasteiger partial charge in [-0.1, -0.05) is 80.6 Å². The minimum Gasteiger partial charge on any atom is -0.354 e. The van der Waals surface area contributed by atoms with Crippen LogP contribution >= 0.6 is 0 Å². The van der Waals surface area contributed by atoms with Gasteiger partial charge in [0.1, 0.15) is 12.6 Å². The third-order valence-corrected chi connectivity index (χ3v) is 7.30. The quantitative estimate of drug-likeness (QED) is 0.248. The summed E-state index contributed by atoms with van der Waals surface area (Å²) in [4.78, 5) is 39.6. The fraction of sp³-hybridized carbons (Fsp3) is 0.310. The minimum atomic E-state index is -4.03. The molecule has 1 N–H and O–H groups in total. The monoisotopic (exact) mass is 566 g/mol.